The van der Waals surface area contributed by atoms with Crippen molar-refractivity contribution in [3.63, 3.8) is 0 Å². The van der Waals surface area contributed by atoms with Crippen molar-refractivity contribution in [1.82, 2.24) is 15.5 Å². The van der Waals surface area contributed by atoms with E-state index in [1.165, 1.54) is 0 Å². The first-order chi connectivity index (χ1) is 8.16. The molecule has 0 aromatic rings. The highest BCUT2D eigenvalue weighted by atomic mass is 35.5. The molecule has 0 spiro atoms. The van der Waals surface area contributed by atoms with Gasteiger partial charge in [0, 0.05) is 44.1 Å². The summed E-state index contributed by atoms with van der Waals surface area (Å²) >= 11 is 1.87. The molecule has 18 heavy (non-hydrogen) atoms. The van der Waals surface area contributed by atoms with E-state index in [-0.39, 0.29) is 36.3 Å². The number of hydrogen-bond donors (Lipinski definition) is 2. The van der Waals surface area contributed by atoms with Crippen LogP contribution in [-0.4, -0.2) is 60.4 Å². The van der Waals surface area contributed by atoms with E-state index < -0.39 is 0 Å². The summed E-state index contributed by atoms with van der Waals surface area (Å²) in [6.45, 7) is 1.70. The molecule has 2 unspecified atom stereocenters. The van der Waals surface area contributed by atoms with E-state index in [0.717, 1.165) is 31.0 Å². The lowest BCUT2D eigenvalue weighted by atomic mass is 10.2. The minimum Gasteiger partial charge on any atom is -0.344 e. The Bertz CT molecular complexity index is 311. The molecule has 2 fully saturated rings. The Morgan fingerprint density at radius 2 is 2.39 bits per heavy atom. The number of amides is 2. The summed E-state index contributed by atoms with van der Waals surface area (Å²) in [5.74, 6) is 2.11. The van der Waals surface area contributed by atoms with Gasteiger partial charge in [0.05, 0.1) is 0 Å². The molecular formula is C11H20ClN3O2S. The van der Waals surface area contributed by atoms with Crippen molar-refractivity contribution in [2.24, 2.45) is 0 Å². The molecule has 0 saturated carbocycles. The van der Waals surface area contributed by atoms with Gasteiger partial charge in [-0.1, -0.05) is 0 Å². The van der Waals surface area contributed by atoms with Gasteiger partial charge in [-0.2, -0.15) is 11.8 Å². The maximum absolute atomic E-state index is 11.8. The van der Waals surface area contributed by atoms with E-state index in [1.807, 2.05) is 11.8 Å². The van der Waals surface area contributed by atoms with Gasteiger partial charge >= 0.3 is 0 Å². The summed E-state index contributed by atoms with van der Waals surface area (Å²) < 4.78 is 0. The van der Waals surface area contributed by atoms with E-state index in [0.29, 0.717) is 6.42 Å². The predicted octanol–water partition coefficient (Wildman–Crippen LogP) is -0.150. The van der Waals surface area contributed by atoms with Crippen molar-refractivity contribution in [2.75, 3.05) is 31.6 Å². The molecule has 2 saturated heterocycles. The number of likely N-dealkylation sites (N-methyl/N-ethyl adjacent to an activating group) is 1. The van der Waals surface area contributed by atoms with Gasteiger partial charge in [-0.15, -0.1) is 12.4 Å². The summed E-state index contributed by atoms with van der Waals surface area (Å²) in [4.78, 5) is 25.1. The third-order valence-electron chi connectivity index (χ3n) is 3.19. The lowest BCUT2D eigenvalue weighted by molar-refractivity contribution is -0.131. The van der Waals surface area contributed by atoms with Gasteiger partial charge < -0.3 is 15.5 Å². The smallest absolute Gasteiger partial charge is 0.244 e. The van der Waals surface area contributed by atoms with Gasteiger partial charge in [0.15, 0.2) is 0 Å². The second-order valence-electron chi connectivity index (χ2n) is 4.60. The average Bonchev–Trinajstić information content (AvgIpc) is 2.62. The second-order valence-corrected chi connectivity index (χ2v) is 5.75. The quantitative estimate of drug-likeness (QED) is 0.760. The summed E-state index contributed by atoms with van der Waals surface area (Å²) in [6, 6.07) is -0.0493. The topological polar surface area (TPSA) is 61.4 Å². The van der Waals surface area contributed by atoms with Crippen LogP contribution in [0.4, 0.5) is 0 Å². The molecule has 104 valence electrons. The van der Waals surface area contributed by atoms with Crippen LogP contribution in [0.1, 0.15) is 12.8 Å². The number of carbonyl (C=O) groups is 2. The molecule has 2 N–H and O–H groups in total. The molecule has 2 aliphatic rings. The van der Waals surface area contributed by atoms with E-state index in [2.05, 4.69) is 10.6 Å². The molecule has 0 bridgehead atoms. The Morgan fingerprint density at radius 3 is 2.94 bits per heavy atom. The molecule has 0 aromatic heterocycles. The molecule has 0 aliphatic carbocycles. The van der Waals surface area contributed by atoms with Crippen LogP contribution in [-0.2, 0) is 9.59 Å². The van der Waals surface area contributed by atoms with Crippen molar-refractivity contribution >= 4 is 36.0 Å². The first-order valence-electron chi connectivity index (χ1n) is 6.02. The van der Waals surface area contributed by atoms with Crippen LogP contribution in [0.25, 0.3) is 0 Å². The fourth-order valence-electron chi connectivity index (χ4n) is 2.18. The van der Waals surface area contributed by atoms with E-state index in [1.54, 1.807) is 11.9 Å². The van der Waals surface area contributed by atoms with Crippen LogP contribution < -0.4 is 10.6 Å². The van der Waals surface area contributed by atoms with Crippen molar-refractivity contribution in [3.8, 4) is 0 Å². The fraction of sp³-hybridized carbons (Fsp3) is 0.818. The van der Waals surface area contributed by atoms with Gasteiger partial charge in [-0.05, 0) is 6.42 Å². The number of thioether (sulfide) groups is 1. The number of hydrogen-bond acceptors (Lipinski definition) is 4. The first kappa shape index (κ1) is 15.6. The standard InChI is InChI=1S/C11H19N3O2S.ClH/c1-14-4-2-9(11(14)16)13-10(15)6-8-7-17-5-3-12-8;/h8-9,12H,2-7H2,1H3,(H,13,15);1H. The molecule has 0 aromatic carbocycles. The molecule has 2 heterocycles. The first-order valence-corrected chi connectivity index (χ1v) is 7.18. The summed E-state index contributed by atoms with van der Waals surface area (Å²) in [6.07, 6.45) is 1.20. The maximum Gasteiger partial charge on any atom is 0.244 e. The molecule has 0 radical (unpaired) electrons. The third-order valence-corrected chi connectivity index (χ3v) is 4.32. The average molecular weight is 294 g/mol. The zero-order valence-corrected chi connectivity index (χ0v) is 12.1. The van der Waals surface area contributed by atoms with E-state index in [4.69, 9.17) is 0 Å². The Morgan fingerprint density at radius 1 is 1.61 bits per heavy atom. The summed E-state index contributed by atoms with van der Waals surface area (Å²) in [5, 5.41) is 6.14. The van der Waals surface area contributed by atoms with Gasteiger partial charge in [-0.25, -0.2) is 0 Å². The highest BCUT2D eigenvalue weighted by molar-refractivity contribution is 7.99. The number of nitrogens with zero attached hydrogens (tertiary/aromatic N) is 1. The zero-order valence-electron chi connectivity index (χ0n) is 10.5. The molecule has 2 atom stereocenters. The van der Waals surface area contributed by atoms with Crippen LogP contribution in [0.2, 0.25) is 0 Å². The second kappa shape index (κ2) is 7.21. The largest absolute Gasteiger partial charge is 0.344 e. The number of halogens is 1. The Kier molecular flexibility index (Phi) is 6.25. The van der Waals surface area contributed by atoms with Crippen LogP contribution in [0.3, 0.4) is 0 Å². The Hall–Kier alpha value is -0.460. The normalized spacial score (nSPS) is 27.8. The van der Waals surface area contributed by atoms with E-state index in [9.17, 15) is 9.59 Å². The molecule has 2 amide bonds. The summed E-state index contributed by atoms with van der Waals surface area (Å²) in [5.41, 5.74) is 0. The molecular weight excluding hydrogens is 274 g/mol. The van der Waals surface area contributed by atoms with Crippen molar-refractivity contribution in [2.45, 2.75) is 24.9 Å². The minimum absolute atomic E-state index is 0. The van der Waals surface area contributed by atoms with Crippen molar-refractivity contribution < 1.29 is 9.59 Å². The lowest BCUT2D eigenvalue weighted by Crippen LogP contribution is -2.45. The SMILES string of the molecule is CN1CCC(NC(=O)CC2CSCCN2)C1=O.Cl. The van der Waals surface area contributed by atoms with Gasteiger partial charge in [0.1, 0.15) is 6.04 Å². The summed E-state index contributed by atoms with van der Waals surface area (Å²) in [7, 11) is 1.77. The van der Waals surface area contributed by atoms with Crippen molar-refractivity contribution in [1.29, 1.82) is 0 Å². The number of carbonyl (C=O) groups excluding carboxylic acids is 2. The predicted molar refractivity (Wildman–Crippen MR) is 75.2 cm³/mol. The van der Waals surface area contributed by atoms with Crippen LogP contribution in [0, 0.1) is 0 Å². The van der Waals surface area contributed by atoms with Crippen LogP contribution >= 0.6 is 24.2 Å². The van der Waals surface area contributed by atoms with Crippen LogP contribution in [0.5, 0.6) is 0 Å². The zero-order chi connectivity index (χ0) is 12.3. The number of rotatable bonds is 3. The van der Waals surface area contributed by atoms with Crippen LogP contribution in [0.15, 0.2) is 0 Å². The lowest BCUT2D eigenvalue weighted by Gasteiger charge is -2.23. The minimum atomic E-state index is -0.302. The Labute approximate surface area is 118 Å². The van der Waals surface area contributed by atoms with E-state index >= 15 is 0 Å². The number of likely N-dealkylation sites (tertiary alicyclic amines) is 1. The Balaban J connectivity index is 0.00000162. The fourth-order valence-corrected chi connectivity index (χ4v) is 3.13. The third kappa shape index (κ3) is 4.03. The van der Waals surface area contributed by atoms with Crippen molar-refractivity contribution in [3.05, 3.63) is 0 Å². The van der Waals surface area contributed by atoms with Gasteiger partial charge in [0.25, 0.3) is 0 Å². The molecule has 2 aliphatic heterocycles. The van der Waals surface area contributed by atoms with Gasteiger partial charge in [-0.3, -0.25) is 9.59 Å². The highest BCUT2D eigenvalue weighted by Gasteiger charge is 2.30. The molecule has 7 heteroatoms. The number of nitrogens with one attached hydrogen (secondary N) is 2. The highest BCUT2D eigenvalue weighted by Crippen LogP contribution is 2.12. The molecule has 5 nitrogen and oxygen atoms in total. The van der Waals surface area contributed by atoms with Gasteiger partial charge in [0.2, 0.25) is 11.8 Å². The molecule has 2 rings (SSSR count). The maximum atomic E-state index is 11.8. The monoisotopic (exact) mass is 293 g/mol.